The number of amides is 1. The van der Waals surface area contributed by atoms with Gasteiger partial charge in [-0.15, -0.1) is 0 Å². The highest BCUT2D eigenvalue weighted by Gasteiger charge is 2.37. The molecule has 0 aromatic rings. The monoisotopic (exact) mass is 185 g/mol. The summed E-state index contributed by atoms with van der Waals surface area (Å²) in [5.74, 6) is 0.0844. The van der Waals surface area contributed by atoms with Crippen LogP contribution in [0.2, 0.25) is 0 Å². The van der Waals surface area contributed by atoms with Gasteiger partial charge < -0.3 is 16.0 Å². The van der Waals surface area contributed by atoms with Gasteiger partial charge in [0, 0.05) is 25.2 Å². The Morgan fingerprint density at radius 2 is 1.92 bits per heavy atom. The Hall–Kier alpha value is -0.610. The molecule has 3 rings (SSSR count). The van der Waals surface area contributed by atoms with Crippen LogP contribution in [0.25, 0.3) is 0 Å². The number of piperazine rings is 1. The topological polar surface area (TPSA) is 58.4 Å². The molecular weight excluding hydrogens is 166 g/mol. The smallest absolute Gasteiger partial charge is 0.236 e. The lowest BCUT2D eigenvalue weighted by molar-refractivity contribution is -0.133. The fraction of sp³-hybridized carbons (Fsp3) is 0.889. The third-order valence-corrected chi connectivity index (χ3v) is 2.45. The van der Waals surface area contributed by atoms with Crippen LogP contribution in [-0.4, -0.2) is 42.5 Å². The first-order chi connectivity index (χ1) is 6.29. The first-order valence-electron chi connectivity index (χ1n) is 5.03. The molecule has 1 amide bonds. The quantitative estimate of drug-likeness (QED) is 0.581. The van der Waals surface area contributed by atoms with Crippen LogP contribution in [-0.2, 0) is 4.79 Å². The van der Waals surface area contributed by atoms with Gasteiger partial charge in [-0.1, -0.05) is 13.8 Å². The van der Waals surface area contributed by atoms with Crippen LogP contribution < -0.4 is 11.1 Å². The maximum absolute atomic E-state index is 11.1. The molecule has 3 saturated heterocycles. The third kappa shape index (κ3) is 2.19. The van der Waals surface area contributed by atoms with Crippen molar-refractivity contribution in [1.82, 2.24) is 10.2 Å². The van der Waals surface area contributed by atoms with Crippen molar-refractivity contribution < 1.29 is 4.79 Å². The predicted molar refractivity (Wildman–Crippen MR) is 52.3 cm³/mol. The Morgan fingerprint density at radius 1 is 1.46 bits per heavy atom. The molecular formula is C9H19N3O. The SMILES string of the molecule is CC.NCC(=O)N1CC2CC(C1)N2. The third-order valence-electron chi connectivity index (χ3n) is 2.45. The molecule has 4 heteroatoms. The highest BCUT2D eigenvalue weighted by Crippen LogP contribution is 2.20. The van der Waals surface area contributed by atoms with Crippen LogP contribution in [0.15, 0.2) is 0 Å². The molecule has 2 bridgehead atoms. The van der Waals surface area contributed by atoms with Crippen molar-refractivity contribution in [2.75, 3.05) is 19.6 Å². The van der Waals surface area contributed by atoms with Gasteiger partial charge in [0.15, 0.2) is 0 Å². The van der Waals surface area contributed by atoms with Crippen molar-refractivity contribution in [2.45, 2.75) is 32.4 Å². The van der Waals surface area contributed by atoms with E-state index in [0.29, 0.717) is 12.1 Å². The van der Waals surface area contributed by atoms with Gasteiger partial charge in [-0.25, -0.2) is 0 Å². The van der Waals surface area contributed by atoms with E-state index in [9.17, 15) is 4.79 Å². The van der Waals surface area contributed by atoms with E-state index < -0.39 is 0 Å². The van der Waals surface area contributed by atoms with Gasteiger partial charge in [0.1, 0.15) is 0 Å². The van der Waals surface area contributed by atoms with Crippen LogP contribution in [0.4, 0.5) is 0 Å². The van der Waals surface area contributed by atoms with Crippen molar-refractivity contribution in [3.63, 3.8) is 0 Å². The Labute approximate surface area is 79.5 Å². The zero-order valence-electron chi connectivity index (χ0n) is 8.42. The summed E-state index contributed by atoms with van der Waals surface area (Å²) in [5, 5.41) is 3.35. The van der Waals surface area contributed by atoms with Crippen LogP contribution >= 0.6 is 0 Å². The normalized spacial score (nSPS) is 29.9. The average molecular weight is 185 g/mol. The maximum Gasteiger partial charge on any atom is 0.236 e. The number of carbonyl (C=O) groups is 1. The lowest BCUT2D eigenvalue weighted by Gasteiger charge is -2.48. The van der Waals surface area contributed by atoms with E-state index in [-0.39, 0.29) is 12.5 Å². The van der Waals surface area contributed by atoms with Crippen LogP contribution in [0.1, 0.15) is 20.3 Å². The number of rotatable bonds is 1. The molecule has 0 aromatic carbocycles. The molecule has 3 aliphatic heterocycles. The summed E-state index contributed by atoms with van der Waals surface area (Å²) in [6.45, 7) is 5.86. The minimum atomic E-state index is 0.0844. The lowest BCUT2D eigenvalue weighted by atomic mass is 9.91. The van der Waals surface area contributed by atoms with Gasteiger partial charge in [-0.3, -0.25) is 4.79 Å². The van der Waals surface area contributed by atoms with Gasteiger partial charge in [0.05, 0.1) is 6.54 Å². The van der Waals surface area contributed by atoms with Crippen molar-refractivity contribution in [3.05, 3.63) is 0 Å². The number of nitrogens with two attached hydrogens (primary N) is 1. The number of nitrogens with zero attached hydrogens (tertiary/aromatic N) is 1. The van der Waals surface area contributed by atoms with Crippen molar-refractivity contribution in [3.8, 4) is 0 Å². The Balaban J connectivity index is 0.000000396. The van der Waals surface area contributed by atoms with Gasteiger partial charge in [-0.2, -0.15) is 0 Å². The van der Waals surface area contributed by atoms with E-state index in [1.54, 1.807) is 0 Å². The Kier molecular flexibility index (Phi) is 3.69. The minimum absolute atomic E-state index is 0.0844. The molecule has 0 spiro atoms. The Bertz CT molecular complexity index is 168. The van der Waals surface area contributed by atoms with Crippen LogP contribution in [0.3, 0.4) is 0 Å². The lowest BCUT2D eigenvalue weighted by Crippen LogP contribution is -2.68. The first kappa shape index (κ1) is 10.5. The predicted octanol–water partition coefficient (Wildman–Crippen LogP) is -0.456. The van der Waals surface area contributed by atoms with E-state index >= 15 is 0 Å². The molecule has 76 valence electrons. The van der Waals surface area contributed by atoms with E-state index in [4.69, 9.17) is 5.73 Å². The summed E-state index contributed by atoms with van der Waals surface area (Å²) >= 11 is 0. The van der Waals surface area contributed by atoms with Gasteiger partial charge in [0.25, 0.3) is 0 Å². The van der Waals surface area contributed by atoms with E-state index in [0.717, 1.165) is 13.1 Å². The van der Waals surface area contributed by atoms with Gasteiger partial charge in [0.2, 0.25) is 5.91 Å². The fourth-order valence-corrected chi connectivity index (χ4v) is 1.85. The second-order valence-corrected chi connectivity index (χ2v) is 3.30. The van der Waals surface area contributed by atoms with Crippen molar-refractivity contribution in [2.24, 2.45) is 5.73 Å². The number of carbonyl (C=O) groups excluding carboxylic acids is 1. The number of piperidine rings is 1. The van der Waals surface area contributed by atoms with Crippen molar-refractivity contribution in [1.29, 1.82) is 0 Å². The van der Waals surface area contributed by atoms with Crippen LogP contribution in [0.5, 0.6) is 0 Å². The molecule has 4 nitrogen and oxygen atoms in total. The van der Waals surface area contributed by atoms with Gasteiger partial charge >= 0.3 is 0 Å². The molecule has 0 aliphatic carbocycles. The highest BCUT2D eigenvalue weighted by atomic mass is 16.2. The highest BCUT2D eigenvalue weighted by molar-refractivity contribution is 5.78. The molecule has 0 saturated carbocycles. The van der Waals surface area contributed by atoms with Crippen LogP contribution in [0, 0.1) is 0 Å². The first-order valence-corrected chi connectivity index (χ1v) is 5.03. The largest absolute Gasteiger partial charge is 0.338 e. The molecule has 3 aliphatic rings. The van der Waals surface area contributed by atoms with Gasteiger partial charge in [-0.05, 0) is 6.42 Å². The number of nitrogens with one attached hydrogen (secondary N) is 1. The van der Waals surface area contributed by atoms with E-state index in [2.05, 4.69) is 5.32 Å². The summed E-state index contributed by atoms with van der Waals surface area (Å²) in [6, 6.07) is 1.09. The summed E-state index contributed by atoms with van der Waals surface area (Å²) in [6.07, 6.45) is 1.23. The molecule has 3 N–H and O–H groups in total. The number of hydrogen-bond donors (Lipinski definition) is 2. The molecule has 3 fully saturated rings. The number of hydrogen-bond acceptors (Lipinski definition) is 3. The van der Waals surface area contributed by atoms with E-state index in [1.807, 2.05) is 18.7 Å². The summed E-state index contributed by atoms with van der Waals surface area (Å²) in [5.41, 5.74) is 5.25. The maximum atomic E-state index is 11.1. The fourth-order valence-electron chi connectivity index (χ4n) is 1.85. The molecule has 3 heterocycles. The molecule has 2 atom stereocenters. The number of fused-ring (bicyclic) bond motifs is 2. The molecule has 2 unspecified atom stereocenters. The standard InChI is InChI=1S/C7H13N3O.C2H6/c8-2-7(11)10-3-5-1-6(4-10)9-5;1-2/h5-6,9H,1-4,8H2;1-2H3. The zero-order valence-corrected chi connectivity index (χ0v) is 8.42. The summed E-state index contributed by atoms with van der Waals surface area (Å²) < 4.78 is 0. The second kappa shape index (κ2) is 4.58. The average Bonchev–Trinajstić information content (AvgIpc) is 2.19. The Morgan fingerprint density at radius 3 is 2.31 bits per heavy atom. The molecule has 13 heavy (non-hydrogen) atoms. The summed E-state index contributed by atoms with van der Waals surface area (Å²) in [4.78, 5) is 13.0. The van der Waals surface area contributed by atoms with E-state index in [1.165, 1.54) is 6.42 Å². The zero-order chi connectivity index (χ0) is 9.84. The minimum Gasteiger partial charge on any atom is -0.338 e. The molecule has 0 aromatic heterocycles. The molecule has 0 radical (unpaired) electrons. The second-order valence-electron chi connectivity index (χ2n) is 3.30. The van der Waals surface area contributed by atoms with Crippen molar-refractivity contribution >= 4 is 5.91 Å². The summed E-state index contributed by atoms with van der Waals surface area (Å²) in [7, 11) is 0.